The van der Waals surface area contributed by atoms with Crippen LogP contribution in [0.3, 0.4) is 0 Å². The normalized spacial score (nSPS) is 11.0. The Morgan fingerprint density at radius 3 is 2.30 bits per heavy atom. The first kappa shape index (κ1) is 26.4. The van der Waals surface area contributed by atoms with Crippen LogP contribution in [0.4, 0.5) is 0 Å². The monoisotopic (exact) mass is 560 g/mol. The molecular weight excluding hydrogens is 527 g/mol. The maximum absolute atomic E-state index is 11.9. The highest BCUT2D eigenvalue weighted by molar-refractivity contribution is 14.0. The van der Waals surface area contributed by atoms with E-state index in [9.17, 15) is 4.79 Å². The van der Waals surface area contributed by atoms with Crippen molar-refractivity contribution in [2.45, 2.75) is 40.8 Å². The molecule has 0 spiro atoms. The number of rotatable bonds is 8. The summed E-state index contributed by atoms with van der Waals surface area (Å²) in [7, 11) is 0. The molecule has 7 nitrogen and oxygen atoms in total. The number of carbonyl (C=O) groups is 1. The van der Waals surface area contributed by atoms with Crippen molar-refractivity contribution in [2.24, 2.45) is 4.99 Å². The standard InChI is InChI=1S/C25H32N6O.HI/c1-5-26-24(32)21-13-11-20(12-14-21)16-28-25(27-6-2)29-17-22-9-7-8-10-23(22)31-19(4)15-18(3)30-31;/h7-15H,5-6,16-17H2,1-4H3,(H,26,32)(H2,27,28,29);1H. The van der Waals surface area contributed by atoms with Crippen LogP contribution in [-0.4, -0.2) is 34.7 Å². The van der Waals surface area contributed by atoms with Crippen LogP contribution >= 0.6 is 24.0 Å². The van der Waals surface area contributed by atoms with E-state index in [0.29, 0.717) is 25.2 Å². The lowest BCUT2D eigenvalue weighted by Gasteiger charge is -2.15. The molecule has 2 aromatic carbocycles. The molecule has 3 rings (SSSR count). The summed E-state index contributed by atoms with van der Waals surface area (Å²) in [5, 5.41) is 14.2. The summed E-state index contributed by atoms with van der Waals surface area (Å²) in [5.74, 6) is 0.683. The molecule has 0 atom stereocenters. The van der Waals surface area contributed by atoms with Crippen molar-refractivity contribution >= 4 is 35.8 Å². The number of aryl methyl sites for hydroxylation is 2. The fourth-order valence-corrected chi connectivity index (χ4v) is 3.45. The number of halogens is 1. The SMILES string of the molecule is CCNC(=O)c1ccc(CN=C(NCC)NCc2ccccc2-n2nc(C)cc2C)cc1.I. The van der Waals surface area contributed by atoms with Gasteiger partial charge in [0.25, 0.3) is 5.91 Å². The molecule has 0 saturated carbocycles. The third-order valence-corrected chi connectivity index (χ3v) is 4.99. The van der Waals surface area contributed by atoms with Crippen LogP contribution in [0.5, 0.6) is 0 Å². The summed E-state index contributed by atoms with van der Waals surface area (Å²) >= 11 is 0. The molecule has 0 unspecified atom stereocenters. The Morgan fingerprint density at radius 2 is 1.67 bits per heavy atom. The summed E-state index contributed by atoms with van der Waals surface area (Å²) in [4.78, 5) is 16.6. The van der Waals surface area contributed by atoms with Gasteiger partial charge in [0.2, 0.25) is 0 Å². The molecule has 0 bridgehead atoms. The first-order valence-electron chi connectivity index (χ1n) is 11.0. The molecule has 8 heteroatoms. The Balaban J connectivity index is 0.00000385. The highest BCUT2D eigenvalue weighted by Gasteiger charge is 2.09. The number of hydrogen-bond acceptors (Lipinski definition) is 3. The minimum absolute atomic E-state index is 0. The van der Waals surface area contributed by atoms with Gasteiger partial charge in [0.1, 0.15) is 0 Å². The van der Waals surface area contributed by atoms with E-state index < -0.39 is 0 Å². The highest BCUT2D eigenvalue weighted by Crippen LogP contribution is 2.17. The number of para-hydroxylation sites is 1. The van der Waals surface area contributed by atoms with Gasteiger partial charge in [0.15, 0.2) is 5.96 Å². The van der Waals surface area contributed by atoms with Crippen molar-refractivity contribution in [1.29, 1.82) is 0 Å². The van der Waals surface area contributed by atoms with Crippen LogP contribution < -0.4 is 16.0 Å². The molecule has 1 amide bonds. The van der Waals surface area contributed by atoms with Gasteiger partial charge in [-0.15, -0.1) is 24.0 Å². The average molecular weight is 560 g/mol. The molecule has 3 aromatic rings. The molecular formula is C25H33IN6O. The maximum Gasteiger partial charge on any atom is 0.251 e. The number of benzene rings is 2. The molecule has 3 N–H and O–H groups in total. The summed E-state index contributed by atoms with van der Waals surface area (Å²) in [5.41, 5.74) is 5.99. The van der Waals surface area contributed by atoms with Crippen molar-refractivity contribution in [2.75, 3.05) is 13.1 Å². The summed E-state index contributed by atoms with van der Waals surface area (Å²) in [6.07, 6.45) is 0. The second kappa shape index (κ2) is 13.0. The summed E-state index contributed by atoms with van der Waals surface area (Å²) in [6, 6.07) is 17.9. The Kier molecular flexibility index (Phi) is 10.4. The molecule has 0 aliphatic rings. The van der Waals surface area contributed by atoms with E-state index in [-0.39, 0.29) is 29.9 Å². The first-order valence-corrected chi connectivity index (χ1v) is 11.0. The number of amides is 1. The van der Waals surface area contributed by atoms with Crippen LogP contribution in [0.15, 0.2) is 59.6 Å². The number of guanidine groups is 1. The smallest absolute Gasteiger partial charge is 0.251 e. The van der Waals surface area contributed by atoms with E-state index in [1.54, 1.807) is 0 Å². The van der Waals surface area contributed by atoms with Crippen LogP contribution in [0.25, 0.3) is 5.69 Å². The molecule has 0 aliphatic heterocycles. The molecule has 0 fully saturated rings. The van der Waals surface area contributed by atoms with Gasteiger partial charge >= 0.3 is 0 Å². The largest absolute Gasteiger partial charge is 0.357 e. The van der Waals surface area contributed by atoms with Gasteiger partial charge in [-0.25, -0.2) is 9.67 Å². The van der Waals surface area contributed by atoms with Crippen molar-refractivity contribution in [1.82, 2.24) is 25.7 Å². The number of carbonyl (C=O) groups excluding carboxylic acids is 1. The Hall–Kier alpha value is -2.88. The zero-order chi connectivity index (χ0) is 22.9. The molecule has 176 valence electrons. The fourth-order valence-electron chi connectivity index (χ4n) is 3.45. The van der Waals surface area contributed by atoms with E-state index in [1.807, 2.05) is 61.9 Å². The third-order valence-electron chi connectivity index (χ3n) is 4.99. The van der Waals surface area contributed by atoms with E-state index in [1.165, 1.54) is 0 Å². The minimum atomic E-state index is -0.0566. The minimum Gasteiger partial charge on any atom is -0.357 e. The zero-order valence-electron chi connectivity index (χ0n) is 19.7. The first-order chi connectivity index (χ1) is 15.5. The highest BCUT2D eigenvalue weighted by atomic mass is 127. The summed E-state index contributed by atoms with van der Waals surface area (Å²) < 4.78 is 1.98. The van der Waals surface area contributed by atoms with Gasteiger partial charge in [-0.3, -0.25) is 4.79 Å². The third kappa shape index (κ3) is 7.31. The number of hydrogen-bond donors (Lipinski definition) is 3. The topological polar surface area (TPSA) is 83.3 Å². The second-order valence-electron chi connectivity index (χ2n) is 7.57. The van der Waals surface area contributed by atoms with Crippen LogP contribution in [0.1, 0.15) is 46.7 Å². The number of aliphatic imine (C=N–C) groups is 1. The predicted molar refractivity (Wildman–Crippen MR) is 145 cm³/mol. The van der Waals surface area contributed by atoms with Gasteiger partial charge in [-0.05, 0) is 63.1 Å². The van der Waals surface area contributed by atoms with Crippen LogP contribution in [0.2, 0.25) is 0 Å². The zero-order valence-corrected chi connectivity index (χ0v) is 22.0. The van der Waals surface area contributed by atoms with Gasteiger partial charge in [0, 0.05) is 30.9 Å². The van der Waals surface area contributed by atoms with Crippen LogP contribution in [-0.2, 0) is 13.1 Å². The second-order valence-corrected chi connectivity index (χ2v) is 7.57. The Bertz CT molecular complexity index is 1070. The number of aromatic nitrogens is 2. The van der Waals surface area contributed by atoms with E-state index >= 15 is 0 Å². The lowest BCUT2D eigenvalue weighted by molar-refractivity contribution is 0.0956. The molecule has 0 radical (unpaired) electrons. The van der Waals surface area contributed by atoms with E-state index in [0.717, 1.165) is 40.7 Å². The number of nitrogens with zero attached hydrogens (tertiary/aromatic N) is 3. The van der Waals surface area contributed by atoms with Crippen LogP contribution in [0, 0.1) is 13.8 Å². The van der Waals surface area contributed by atoms with Crippen molar-refractivity contribution in [3.63, 3.8) is 0 Å². The Morgan fingerprint density at radius 1 is 0.970 bits per heavy atom. The average Bonchev–Trinajstić information content (AvgIpc) is 3.14. The van der Waals surface area contributed by atoms with Gasteiger partial charge in [0.05, 0.1) is 17.9 Å². The van der Waals surface area contributed by atoms with E-state index in [4.69, 9.17) is 4.99 Å². The van der Waals surface area contributed by atoms with Gasteiger partial charge in [-0.2, -0.15) is 5.10 Å². The lowest BCUT2D eigenvalue weighted by Crippen LogP contribution is -2.37. The molecule has 1 heterocycles. The summed E-state index contributed by atoms with van der Waals surface area (Å²) in [6.45, 7) is 10.5. The quantitative estimate of drug-likeness (QED) is 0.220. The lowest BCUT2D eigenvalue weighted by atomic mass is 10.1. The van der Waals surface area contributed by atoms with Crippen molar-refractivity contribution in [3.8, 4) is 5.69 Å². The van der Waals surface area contributed by atoms with Gasteiger partial charge < -0.3 is 16.0 Å². The van der Waals surface area contributed by atoms with Gasteiger partial charge in [-0.1, -0.05) is 30.3 Å². The molecule has 1 aromatic heterocycles. The molecule has 0 saturated heterocycles. The Labute approximate surface area is 213 Å². The van der Waals surface area contributed by atoms with Crippen molar-refractivity contribution in [3.05, 3.63) is 82.7 Å². The predicted octanol–water partition coefficient (Wildman–Crippen LogP) is 4.11. The molecule has 33 heavy (non-hydrogen) atoms. The molecule has 0 aliphatic carbocycles. The fraction of sp³-hybridized carbons (Fsp3) is 0.320. The number of nitrogens with one attached hydrogen (secondary N) is 3. The maximum atomic E-state index is 11.9. The van der Waals surface area contributed by atoms with Crippen molar-refractivity contribution < 1.29 is 4.79 Å². The van der Waals surface area contributed by atoms with E-state index in [2.05, 4.69) is 46.2 Å².